The number of nitrogens with zero attached hydrogens (tertiary/aromatic N) is 2. The van der Waals surface area contributed by atoms with Crippen LogP contribution < -0.4 is 0 Å². The van der Waals surface area contributed by atoms with Gasteiger partial charge in [0, 0.05) is 22.9 Å². The van der Waals surface area contributed by atoms with Gasteiger partial charge in [-0.3, -0.25) is 4.79 Å². The van der Waals surface area contributed by atoms with Crippen LogP contribution in [0.3, 0.4) is 0 Å². The maximum atomic E-state index is 10.8. The maximum absolute atomic E-state index is 10.8. The van der Waals surface area contributed by atoms with Crippen LogP contribution in [0.2, 0.25) is 0 Å². The fourth-order valence-corrected chi connectivity index (χ4v) is 5.85. The molecule has 0 saturated heterocycles. The number of hydrogen-bond acceptors (Lipinski definition) is 4. The first kappa shape index (κ1) is 24.3. The topological polar surface area (TPSA) is 63.1 Å². The fourth-order valence-electron chi connectivity index (χ4n) is 4.48. The minimum Gasteiger partial charge on any atom is -0.481 e. The first-order valence-electron chi connectivity index (χ1n) is 11.9. The van der Waals surface area contributed by atoms with Gasteiger partial charge in [-0.15, -0.1) is 11.8 Å². The molecule has 0 bridgehead atoms. The van der Waals surface area contributed by atoms with Crippen LogP contribution in [0.15, 0.2) is 29.4 Å². The third-order valence-electron chi connectivity index (χ3n) is 6.62. The molecule has 0 atom stereocenters. The minimum atomic E-state index is -0.932. The summed E-state index contributed by atoms with van der Waals surface area (Å²) in [6.45, 7) is 6.86. The van der Waals surface area contributed by atoms with Crippen molar-refractivity contribution in [3.8, 4) is 11.8 Å². The third-order valence-corrected chi connectivity index (χ3v) is 7.68. The highest BCUT2D eigenvalue weighted by molar-refractivity contribution is 7.99. The standard InChI is InChI=1S/C27H34N2O2S/c1-4-7-8-9-10-21-16-24-23(27(5-2,6-3)13-14-32-24)15-22(21)12-11-20-18-28-25(29-19-20)17-26(30)31/h15-16,18-19H,4-10,13-14,17H2,1-3H3,(H,30,31). The van der Waals surface area contributed by atoms with Gasteiger partial charge in [0.15, 0.2) is 0 Å². The number of benzene rings is 1. The quantitative estimate of drug-likeness (QED) is 0.365. The van der Waals surface area contributed by atoms with Gasteiger partial charge in [-0.25, -0.2) is 9.97 Å². The Morgan fingerprint density at radius 2 is 1.84 bits per heavy atom. The molecule has 2 aromatic rings. The molecule has 0 spiro atoms. The van der Waals surface area contributed by atoms with E-state index in [1.807, 2.05) is 11.8 Å². The zero-order valence-electron chi connectivity index (χ0n) is 19.5. The molecular formula is C27H34N2O2S. The van der Waals surface area contributed by atoms with Crippen LogP contribution in [0.25, 0.3) is 0 Å². The summed E-state index contributed by atoms with van der Waals surface area (Å²) in [4.78, 5) is 20.6. The highest BCUT2D eigenvalue weighted by Crippen LogP contribution is 2.47. The number of rotatable bonds is 9. The summed E-state index contributed by atoms with van der Waals surface area (Å²) in [6, 6.07) is 4.76. The summed E-state index contributed by atoms with van der Waals surface area (Å²) in [5, 5.41) is 8.89. The van der Waals surface area contributed by atoms with Crippen LogP contribution in [0, 0.1) is 11.8 Å². The molecule has 1 aliphatic heterocycles. The Labute approximate surface area is 196 Å². The predicted octanol–water partition coefficient (Wildman–Crippen LogP) is 6.18. The molecule has 32 heavy (non-hydrogen) atoms. The second-order valence-electron chi connectivity index (χ2n) is 8.61. The lowest BCUT2D eigenvalue weighted by Crippen LogP contribution is -2.29. The van der Waals surface area contributed by atoms with Gasteiger partial charge in [0.1, 0.15) is 12.2 Å². The largest absolute Gasteiger partial charge is 0.481 e. The number of aryl methyl sites for hydroxylation is 1. The fraction of sp³-hybridized carbons (Fsp3) is 0.519. The van der Waals surface area contributed by atoms with E-state index in [9.17, 15) is 4.79 Å². The first-order valence-corrected chi connectivity index (χ1v) is 12.8. The molecule has 0 amide bonds. The molecule has 1 N–H and O–H groups in total. The molecule has 1 aliphatic rings. The lowest BCUT2D eigenvalue weighted by Gasteiger charge is -2.38. The van der Waals surface area contributed by atoms with E-state index in [2.05, 4.69) is 54.7 Å². The Hall–Kier alpha value is -2.32. The number of thioether (sulfide) groups is 1. The number of fused-ring (bicyclic) bond motifs is 1. The average molecular weight is 451 g/mol. The van der Waals surface area contributed by atoms with Crippen molar-refractivity contribution in [2.75, 3.05) is 5.75 Å². The number of carboxylic acids is 1. The third kappa shape index (κ3) is 5.92. The zero-order valence-corrected chi connectivity index (χ0v) is 20.4. The SMILES string of the molecule is CCCCCCc1cc2c(cc1C#Cc1cnc(CC(=O)O)nc1)C(CC)(CC)CCS2. The van der Waals surface area contributed by atoms with E-state index < -0.39 is 5.97 Å². The van der Waals surface area contributed by atoms with Crippen molar-refractivity contribution in [1.29, 1.82) is 0 Å². The van der Waals surface area contributed by atoms with Gasteiger partial charge < -0.3 is 5.11 Å². The molecule has 0 unspecified atom stereocenters. The Morgan fingerprint density at radius 1 is 1.09 bits per heavy atom. The summed E-state index contributed by atoms with van der Waals surface area (Å²) in [7, 11) is 0. The van der Waals surface area contributed by atoms with E-state index in [1.54, 1.807) is 12.4 Å². The molecular weight excluding hydrogens is 416 g/mol. The zero-order chi connectivity index (χ0) is 23.0. The van der Waals surface area contributed by atoms with Crippen molar-refractivity contribution in [1.82, 2.24) is 9.97 Å². The predicted molar refractivity (Wildman–Crippen MR) is 131 cm³/mol. The van der Waals surface area contributed by atoms with Gasteiger partial charge in [-0.1, -0.05) is 51.9 Å². The summed E-state index contributed by atoms with van der Waals surface area (Å²) in [5.74, 6) is 7.20. The Morgan fingerprint density at radius 3 is 2.50 bits per heavy atom. The minimum absolute atomic E-state index is 0.172. The smallest absolute Gasteiger partial charge is 0.311 e. The van der Waals surface area contributed by atoms with Crippen LogP contribution in [0.4, 0.5) is 0 Å². The number of unbranched alkanes of at least 4 members (excludes halogenated alkanes) is 3. The van der Waals surface area contributed by atoms with Crippen molar-refractivity contribution >= 4 is 17.7 Å². The van der Waals surface area contributed by atoms with Gasteiger partial charge in [0.2, 0.25) is 0 Å². The summed E-state index contributed by atoms with van der Waals surface area (Å²) >= 11 is 1.99. The molecule has 3 rings (SSSR count). The van der Waals surface area contributed by atoms with Gasteiger partial charge in [-0.2, -0.15) is 0 Å². The average Bonchev–Trinajstić information content (AvgIpc) is 2.80. The summed E-state index contributed by atoms with van der Waals surface area (Å²) in [5.41, 5.74) is 4.88. The molecule has 170 valence electrons. The lowest BCUT2D eigenvalue weighted by molar-refractivity contribution is -0.136. The number of carbonyl (C=O) groups is 1. The molecule has 0 aliphatic carbocycles. The second-order valence-corrected chi connectivity index (χ2v) is 9.75. The number of aliphatic carboxylic acids is 1. The van der Waals surface area contributed by atoms with Crippen molar-refractivity contribution in [2.45, 2.75) is 88.9 Å². The van der Waals surface area contributed by atoms with Gasteiger partial charge in [-0.05, 0) is 66.5 Å². The van der Waals surface area contributed by atoms with Gasteiger partial charge in [0.05, 0.1) is 5.56 Å². The highest BCUT2D eigenvalue weighted by Gasteiger charge is 2.34. The molecule has 0 saturated carbocycles. The Balaban J connectivity index is 1.95. The van der Waals surface area contributed by atoms with Crippen LogP contribution in [0.1, 0.15) is 93.8 Å². The Kier molecular flexibility index (Phi) is 8.75. The van der Waals surface area contributed by atoms with E-state index in [1.165, 1.54) is 53.9 Å². The number of carboxylic acid groups (broad SMARTS) is 1. The molecule has 0 fully saturated rings. The normalized spacial score (nSPS) is 14.3. The van der Waals surface area contributed by atoms with Crippen molar-refractivity contribution in [2.24, 2.45) is 0 Å². The van der Waals surface area contributed by atoms with Crippen LogP contribution in [0.5, 0.6) is 0 Å². The number of hydrogen-bond donors (Lipinski definition) is 1. The molecule has 0 radical (unpaired) electrons. The molecule has 1 aromatic heterocycles. The summed E-state index contributed by atoms with van der Waals surface area (Å²) in [6.07, 6.45) is 12.6. The first-order chi connectivity index (χ1) is 15.5. The van der Waals surface area contributed by atoms with Crippen molar-refractivity contribution in [3.05, 3.63) is 52.6 Å². The monoisotopic (exact) mass is 450 g/mol. The lowest BCUT2D eigenvalue weighted by atomic mass is 9.72. The molecule has 4 nitrogen and oxygen atoms in total. The summed E-state index contributed by atoms with van der Waals surface area (Å²) < 4.78 is 0. The van der Waals surface area contributed by atoms with Crippen LogP contribution in [-0.4, -0.2) is 26.8 Å². The number of aromatic nitrogens is 2. The Bertz CT molecular complexity index is 985. The van der Waals surface area contributed by atoms with E-state index >= 15 is 0 Å². The van der Waals surface area contributed by atoms with Crippen molar-refractivity contribution in [3.63, 3.8) is 0 Å². The van der Waals surface area contributed by atoms with E-state index in [0.29, 0.717) is 11.4 Å². The second kappa shape index (κ2) is 11.5. The van der Waals surface area contributed by atoms with Crippen LogP contribution >= 0.6 is 11.8 Å². The molecule has 2 heterocycles. The van der Waals surface area contributed by atoms with E-state index in [4.69, 9.17) is 5.11 Å². The van der Waals surface area contributed by atoms with Crippen molar-refractivity contribution < 1.29 is 9.90 Å². The van der Waals surface area contributed by atoms with Crippen LogP contribution in [-0.2, 0) is 23.1 Å². The highest BCUT2D eigenvalue weighted by atomic mass is 32.2. The van der Waals surface area contributed by atoms with E-state index in [-0.39, 0.29) is 11.8 Å². The molecule has 1 aromatic carbocycles. The molecule has 5 heteroatoms. The van der Waals surface area contributed by atoms with Gasteiger partial charge in [0.25, 0.3) is 0 Å². The van der Waals surface area contributed by atoms with Gasteiger partial charge >= 0.3 is 5.97 Å². The van der Waals surface area contributed by atoms with E-state index in [0.717, 1.165) is 24.8 Å². The maximum Gasteiger partial charge on any atom is 0.311 e.